The number of methoxy groups -OCH3 is 2. The van der Waals surface area contributed by atoms with Gasteiger partial charge in [0.2, 0.25) is 11.8 Å². The van der Waals surface area contributed by atoms with E-state index in [9.17, 15) is 9.59 Å². The van der Waals surface area contributed by atoms with Gasteiger partial charge in [-0.25, -0.2) is 4.98 Å². The number of rotatable bonds is 7. The molecule has 2 aliphatic heterocycles. The number of likely N-dealkylation sites (tertiary alicyclic amines) is 2. The van der Waals surface area contributed by atoms with E-state index in [0.29, 0.717) is 39.0 Å². The number of ether oxygens (including phenoxy) is 2. The lowest BCUT2D eigenvalue weighted by atomic mass is 9.72. The monoisotopic (exact) mass is 441 g/mol. The topological polar surface area (TPSA) is 101 Å². The molecule has 0 spiro atoms. The third-order valence-corrected chi connectivity index (χ3v) is 6.77. The number of aromatic nitrogens is 3. The minimum Gasteiger partial charge on any atom is -0.497 e. The summed E-state index contributed by atoms with van der Waals surface area (Å²) in [6.07, 6.45) is 1.84. The lowest BCUT2D eigenvalue weighted by Crippen LogP contribution is -2.52. The first kappa shape index (κ1) is 22.3. The second-order valence-corrected chi connectivity index (χ2v) is 8.74. The molecule has 9 nitrogen and oxygen atoms in total. The lowest BCUT2D eigenvalue weighted by molar-refractivity contribution is -0.137. The number of H-pyrrole nitrogens is 1. The van der Waals surface area contributed by atoms with Gasteiger partial charge in [-0.05, 0) is 37.5 Å². The fourth-order valence-electron chi connectivity index (χ4n) is 4.95. The molecule has 0 bridgehead atoms. The summed E-state index contributed by atoms with van der Waals surface area (Å²) in [5.74, 6) is 2.52. The van der Waals surface area contributed by atoms with Gasteiger partial charge in [0, 0.05) is 45.6 Å². The standard InChI is InChI=1S/C23H31N5O4/c1-16-24-22(26-25-16)23-10-11-27(21(30)14-31-2)12-18(23)13-28(15-23)20(29)9-6-17-4-7-19(32-3)8-5-17/h4-5,7-8,18H,6,9-15H2,1-3H3,(H,24,25,26)/t18-,23-/m1/s1. The summed E-state index contributed by atoms with van der Waals surface area (Å²) in [4.78, 5) is 34.0. The van der Waals surface area contributed by atoms with E-state index in [0.717, 1.165) is 29.4 Å². The van der Waals surface area contributed by atoms with Gasteiger partial charge >= 0.3 is 0 Å². The number of nitrogens with one attached hydrogen (secondary N) is 1. The number of benzene rings is 1. The van der Waals surface area contributed by atoms with E-state index in [1.165, 1.54) is 7.11 Å². The van der Waals surface area contributed by atoms with Gasteiger partial charge in [-0.2, -0.15) is 5.10 Å². The second-order valence-electron chi connectivity index (χ2n) is 8.74. The number of fused-ring (bicyclic) bond motifs is 1. The molecule has 0 unspecified atom stereocenters. The molecule has 2 aromatic rings. The highest BCUT2D eigenvalue weighted by Gasteiger charge is 2.54. The fraction of sp³-hybridized carbons (Fsp3) is 0.565. The molecule has 2 amide bonds. The van der Waals surface area contributed by atoms with E-state index in [-0.39, 0.29) is 29.8 Å². The first-order chi connectivity index (χ1) is 15.4. The Morgan fingerprint density at radius 1 is 1.16 bits per heavy atom. The predicted molar refractivity (Wildman–Crippen MR) is 117 cm³/mol. The highest BCUT2D eigenvalue weighted by molar-refractivity contribution is 5.78. The number of hydrogen-bond acceptors (Lipinski definition) is 6. The average molecular weight is 442 g/mol. The van der Waals surface area contributed by atoms with Crippen LogP contribution in [0.5, 0.6) is 5.75 Å². The van der Waals surface area contributed by atoms with Gasteiger partial charge in [-0.1, -0.05) is 12.1 Å². The minimum atomic E-state index is -0.329. The third kappa shape index (κ3) is 4.34. The van der Waals surface area contributed by atoms with E-state index in [1.54, 1.807) is 7.11 Å². The van der Waals surface area contributed by atoms with Crippen molar-refractivity contribution >= 4 is 11.8 Å². The summed E-state index contributed by atoms with van der Waals surface area (Å²) in [5, 5.41) is 7.42. The molecule has 2 aliphatic rings. The maximum Gasteiger partial charge on any atom is 0.248 e. The summed E-state index contributed by atoms with van der Waals surface area (Å²) in [6.45, 7) is 4.34. The van der Waals surface area contributed by atoms with Crippen LogP contribution in [0.1, 0.15) is 30.1 Å². The van der Waals surface area contributed by atoms with E-state index in [2.05, 4.69) is 15.2 Å². The molecule has 0 radical (unpaired) electrons. The second kappa shape index (κ2) is 9.28. The molecule has 1 N–H and O–H groups in total. The van der Waals surface area contributed by atoms with Crippen LogP contribution in [-0.4, -0.2) is 83.8 Å². The highest BCUT2D eigenvalue weighted by Crippen LogP contribution is 2.44. The number of nitrogens with zero attached hydrogens (tertiary/aromatic N) is 4. The SMILES string of the molecule is COCC(=O)N1CC[C@@]2(c3n[nH]c(C)n3)CN(C(=O)CCc3ccc(OC)cc3)C[C@H]2C1. The molecule has 0 aliphatic carbocycles. The normalized spacial score (nSPS) is 22.7. The first-order valence-electron chi connectivity index (χ1n) is 11.0. The summed E-state index contributed by atoms with van der Waals surface area (Å²) in [5.41, 5.74) is 0.774. The van der Waals surface area contributed by atoms with Crippen LogP contribution in [0.2, 0.25) is 0 Å². The molecular weight excluding hydrogens is 410 g/mol. The number of piperidine rings is 1. The van der Waals surface area contributed by atoms with Crippen molar-refractivity contribution in [3.8, 4) is 5.75 Å². The van der Waals surface area contributed by atoms with Gasteiger partial charge in [0.15, 0.2) is 5.82 Å². The number of aryl methyl sites for hydroxylation is 2. The maximum atomic E-state index is 13.1. The quantitative estimate of drug-likeness (QED) is 0.696. The summed E-state index contributed by atoms with van der Waals surface area (Å²) in [6, 6.07) is 7.81. The zero-order valence-corrected chi connectivity index (χ0v) is 19.0. The Hall–Kier alpha value is -2.94. The Morgan fingerprint density at radius 2 is 1.91 bits per heavy atom. The van der Waals surface area contributed by atoms with Gasteiger partial charge in [0.05, 0.1) is 12.5 Å². The molecule has 32 heavy (non-hydrogen) atoms. The number of carbonyl (C=O) groups excluding carboxylic acids is 2. The number of amides is 2. The molecule has 0 saturated carbocycles. The van der Waals surface area contributed by atoms with Gasteiger partial charge in [-0.15, -0.1) is 0 Å². The Labute approximate surface area is 188 Å². The molecule has 2 fully saturated rings. The Bertz CT molecular complexity index is 960. The number of aromatic amines is 1. The van der Waals surface area contributed by atoms with Crippen LogP contribution in [-0.2, 0) is 26.2 Å². The van der Waals surface area contributed by atoms with Crippen molar-refractivity contribution < 1.29 is 19.1 Å². The molecule has 172 valence electrons. The van der Waals surface area contributed by atoms with Crippen LogP contribution in [0.3, 0.4) is 0 Å². The summed E-state index contributed by atoms with van der Waals surface area (Å²) < 4.78 is 10.2. The van der Waals surface area contributed by atoms with Gasteiger partial charge in [0.1, 0.15) is 18.2 Å². The van der Waals surface area contributed by atoms with Crippen LogP contribution in [0.25, 0.3) is 0 Å². The van der Waals surface area contributed by atoms with Crippen LogP contribution < -0.4 is 4.74 Å². The van der Waals surface area contributed by atoms with Crippen LogP contribution >= 0.6 is 0 Å². The van der Waals surface area contributed by atoms with Crippen molar-refractivity contribution in [3.63, 3.8) is 0 Å². The number of carbonyl (C=O) groups is 2. The molecule has 2 saturated heterocycles. The van der Waals surface area contributed by atoms with Gasteiger partial charge in [-0.3, -0.25) is 14.7 Å². The Balaban J connectivity index is 1.47. The van der Waals surface area contributed by atoms with E-state index in [1.807, 2.05) is 41.0 Å². The lowest BCUT2D eigenvalue weighted by Gasteiger charge is -2.41. The smallest absolute Gasteiger partial charge is 0.248 e. The van der Waals surface area contributed by atoms with Crippen molar-refractivity contribution in [2.24, 2.45) is 5.92 Å². The molecule has 9 heteroatoms. The predicted octanol–water partition coefficient (Wildman–Crippen LogP) is 1.33. The summed E-state index contributed by atoms with van der Waals surface area (Å²) in [7, 11) is 3.17. The van der Waals surface area contributed by atoms with Crippen molar-refractivity contribution in [1.82, 2.24) is 25.0 Å². The fourth-order valence-corrected chi connectivity index (χ4v) is 4.95. The van der Waals surface area contributed by atoms with Crippen molar-refractivity contribution in [2.45, 2.75) is 31.6 Å². The van der Waals surface area contributed by atoms with Gasteiger partial charge in [0.25, 0.3) is 0 Å². The van der Waals surface area contributed by atoms with Crippen LogP contribution in [0.4, 0.5) is 0 Å². The van der Waals surface area contributed by atoms with E-state index >= 15 is 0 Å². The largest absolute Gasteiger partial charge is 0.497 e. The maximum absolute atomic E-state index is 13.1. The van der Waals surface area contributed by atoms with Crippen molar-refractivity contribution in [2.75, 3.05) is 47.0 Å². The summed E-state index contributed by atoms with van der Waals surface area (Å²) >= 11 is 0. The molecule has 1 aromatic heterocycles. The zero-order valence-electron chi connectivity index (χ0n) is 19.0. The molecule has 4 rings (SSSR count). The molecule has 1 aromatic carbocycles. The van der Waals surface area contributed by atoms with Gasteiger partial charge < -0.3 is 19.3 Å². The van der Waals surface area contributed by atoms with E-state index in [4.69, 9.17) is 9.47 Å². The van der Waals surface area contributed by atoms with Crippen LogP contribution in [0.15, 0.2) is 24.3 Å². The van der Waals surface area contributed by atoms with Crippen LogP contribution in [0, 0.1) is 12.8 Å². The average Bonchev–Trinajstić information content (AvgIpc) is 3.42. The Kier molecular flexibility index (Phi) is 6.45. The molecule has 3 heterocycles. The van der Waals surface area contributed by atoms with E-state index < -0.39 is 0 Å². The molecular formula is C23H31N5O4. The first-order valence-corrected chi connectivity index (χ1v) is 11.0. The highest BCUT2D eigenvalue weighted by atomic mass is 16.5. The molecule has 2 atom stereocenters. The van der Waals surface area contributed by atoms with Crippen molar-refractivity contribution in [1.29, 1.82) is 0 Å². The van der Waals surface area contributed by atoms with Crippen molar-refractivity contribution in [3.05, 3.63) is 41.5 Å². The minimum absolute atomic E-state index is 0.0171. The number of hydrogen-bond donors (Lipinski definition) is 1. The Morgan fingerprint density at radius 3 is 2.56 bits per heavy atom. The third-order valence-electron chi connectivity index (χ3n) is 6.77. The zero-order chi connectivity index (χ0) is 22.7.